The minimum Gasteiger partial charge on any atom is -0.376 e. The molecule has 0 spiro atoms. The monoisotopic (exact) mass is 275 g/mol. The van der Waals surface area contributed by atoms with E-state index in [2.05, 4.69) is 27.5 Å². The van der Waals surface area contributed by atoms with Crippen LogP contribution in [0.1, 0.15) is 32.6 Å². The molecule has 108 valence electrons. The van der Waals surface area contributed by atoms with Crippen LogP contribution in [-0.2, 0) is 4.74 Å². The summed E-state index contributed by atoms with van der Waals surface area (Å²) < 4.78 is 7.63. The molecule has 0 aliphatic heterocycles. The predicted octanol–water partition coefficient (Wildman–Crippen LogP) is 2.13. The molecular formula is C14H21N5O. The standard InChI is InChI=1S/C14H21N5O/c1-11-4-2-3-5-12(11)20-9-8-15-13-6-7-14-17-16-10-19(14)18-13/h6-7,10-12H,2-5,8-9H2,1H3,(H,15,18). The number of rotatable bonds is 5. The molecule has 0 bridgehead atoms. The van der Waals surface area contributed by atoms with E-state index in [1.54, 1.807) is 10.8 Å². The van der Waals surface area contributed by atoms with Gasteiger partial charge in [0.15, 0.2) is 5.65 Å². The Balaban J connectivity index is 1.45. The summed E-state index contributed by atoms with van der Waals surface area (Å²) in [5.41, 5.74) is 0.753. The van der Waals surface area contributed by atoms with Crippen LogP contribution in [0.25, 0.3) is 5.65 Å². The van der Waals surface area contributed by atoms with Crippen LogP contribution >= 0.6 is 0 Å². The number of hydrogen-bond donors (Lipinski definition) is 1. The Morgan fingerprint density at radius 1 is 1.35 bits per heavy atom. The summed E-state index contributed by atoms with van der Waals surface area (Å²) in [6.07, 6.45) is 7.17. The fraction of sp³-hybridized carbons (Fsp3) is 0.643. The van der Waals surface area contributed by atoms with Crippen molar-refractivity contribution in [1.82, 2.24) is 19.8 Å². The van der Waals surface area contributed by atoms with Crippen molar-refractivity contribution in [3.05, 3.63) is 18.5 Å². The zero-order valence-electron chi connectivity index (χ0n) is 11.8. The Labute approximate surface area is 118 Å². The highest BCUT2D eigenvalue weighted by molar-refractivity contribution is 5.42. The Morgan fingerprint density at radius 3 is 3.15 bits per heavy atom. The molecule has 1 saturated carbocycles. The first-order chi connectivity index (χ1) is 9.83. The minimum absolute atomic E-state index is 0.429. The lowest BCUT2D eigenvalue weighted by Gasteiger charge is -2.28. The lowest BCUT2D eigenvalue weighted by atomic mass is 9.88. The lowest BCUT2D eigenvalue weighted by Crippen LogP contribution is -2.27. The van der Waals surface area contributed by atoms with Gasteiger partial charge in [-0.3, -0.25) is 0 Å². The van der Waals surface area contributed by atoms with Gasteiger partial charge in [0, 0.05) is 6.54 Å². The number of aromatic nitrogens is 4. The van der Waals surface area contributed by atoms with E-state index in [0.29, 0.717) is 12.0 Å². The second-order valence-electron chi connectivity index (χ2n) is 5.45. The second-order valence-corrected chi connectivity index (χ2v) is 5.45. The van der Waals surface area contributed by atoms with E-state index in [0.717, 1.165) is 24.6 Å². The van der Waals surface area contributed by atoms with Crippen LogP contribution in [0.5, 0.6) is 0 Å². The van der Waals surface area contributed by atoms with E-state index in [1.807, 2.05) is 12.1 Å². The van der Waals surface area contributed by atoms with Gasteiger partial charge < -0.3 is 10.1 Å². The van der Waals surface area contributed by atoms with Gasteiger partial charge in [0.2, 0.25) is 0 Å². The zero-order chi connectivity index (χ0) is 13.8. The van der Waals surface area contributed by atoms with Crippen LogP contribution in [0.3, 0.4) is 0 Å². The van der Waals surface area contributed by atoms with E-state index in [-0.39, 0.29) is 0 Å². The molecule has 1 N–H and O–H groups in total. The SMILES string of the molecule is CC1CCCCC1OCCNc1ccc2nncn2n1. The number of anilines is 1. The third-order valence-corrected chi connectivity index (χ3v) is 3.93. The normalized spacial score (nSPS) is 23.1. The summed E-state index contributed by atoms with van der Waals surface area (Å²) in [5, 5.41) is 15.4. The van der Waals surface area contributed by atoms with Crippen molar-refractivity contribution in [2.45, 2.75) is 38.7 Å². The van der Waals surface area contributed by atoms with Crippen LogP contribution in [0.15, 0.2) is 18.5 Å². The number of ether oxygens (including phenoxy) is 1. The lowest BCUT2D eigenvalue weighted by molar-refractivity contribution is 0.000368. The molecule has 0 aromatic carbocycles. The van der Waals surface area contributed by atoms with Gasteiger partial charge in [0.25, 0.3) is 0 Å². The largest absolute Gasteiger partial charge is 0.376 e. The van der Waals surface area contributed by atoms with E-state index in [9.17, 15) is 0 Å². The molecule has 0 saturated heterocycles. The van der Waals surface area contributed by atoms with Crippen molar-refractivity contribution >= 4 is 11.5 Å². The van der Waals surface area contributed by atoms with Crippen molar-refractivity contribution in [3.63, 3.8) is 0 Å². The highest BCUT2D eigenvalue weighted by Gasteiger charge is 2.21. The molecule has 0 radical (unpaired) electrons. The highest BCUT2D eigenvalue weighted by atomic mass is 16.5. The molecule has 0 amide bonds. The number of nitrogens with zero attached hydrogens (tertiary/aromatic N) is 4. The van der Waals surface area contributed by atoms with Crippen LogP contribution in [0.2, 0.25) is 0 Å². The molecule has 2 aromatic heterocycles. The number of nitrogens with one attached hydrogen (secondary N) is 1. The first kappa shape index (κ1) is 13.3. The molecule has 2 atom stereocenters. The number of fused-ring (bicyclic) bond motifs is 1. The molecule has 6 nitrogen and oxygen atoms in total. The van der Waals surface area contributed by atoms with Crippen molar-refractivity contribution in [2.75, 3.05) is 18.5 Å². The van der Waals surface area contributed by atoms with Gasteiger partial charge in [-0.1, -0.05) is 19.8 Å². The molecule has 2 aromatic rings. The maximum atomic E-state index is 5.97. The van der Waals surface area contributed by atoms with Crippen LogP contribution in [-0.4, -0.2) is 39.1 Å². The topological polar surface area (TPSA) is 64.3 Å². The van der Waals surface area contributed by atoms with E-state index in [4.69, 9.17) is 4.74 Å². The van der Waals surface area contributed by atoms with Crippen molar-refractivity contribution in [1.29, 1.82) is 0 Å². The molecule has 1 aliphatic rings. The van der Waals surface area contributed by atoms with E-state index in [1.165, 1.54) is 25.7 Å². The molecule has 3 rings (SSSR count). The quantitative estimate of drug-likeness (QED) is 0.847. The average Bonchev–Trinajstić information content (AvgIpc) is 2.93. The Kier molecular flexibility index (Phi) is 4.11. The average molecular weight is 275 g/mol. The summed E-state index contributed by atoms with van der Waals surface area (Å²) in [5.74, 6) is 1.51. The van der Waals surface area contributed by atoms with E-state index < -0.39 is 0 Å². The highest BCUT2D eigenvalue weighted by Crippen LogP contribution is 2.26. The predicted molar refractivity (Wildman–Crippen MR) is 76.6 cm³/mol. The minimum atomic E-state index is 0.429. The Morgan fingerprint density at radius 2 is 2.25 bits per heavy atom. The molecule has 2 heterocycles. The van der Waals surface area contributed by atoms with Gasteiger partial charge in [-0.05, 0) is 30.9 Å². The molecule has 1 fully saturated rings. The second kappa shape index (κ2) is 6.17. The molecule has 1 aliphatic carbocycles. The van der Waals surface area contributed by atoms with Gasteiger partial charge in [-0.2, -0.15) is 4.52 Å². The summed E-state index contributed by atoms with van der Waals surface area (Å²) in [6.45, 7) is 3.78. The van der Waals surface area contributed by atoms with Crippen molar-refractivity contribution in [2.24, 2.45) is 5.92 Å². The van der Waals surface area contributed by atoms with Crippen LogP contribution < -0.4 is 5.32 Å². The third kappa shape index (κ3) is 3.07. The molecule has 6 heteroatoms. The fourth-order valence-electron chi connectivity index (χ4n) is 2.74. The van der Waals surface area contributed by atoms with Gasteiger partial charge in [-0.25, -0.2) is 0 Å². The van der Waals surface area contributed by atoms with Crippen LogP contribution in [0.4, 0.5) is 5.82 Å². The maximum absolute atomic E-state index is 5.97. The Hall–Kier alpha value is -1.69. The first-order valence-corrected chi connectivity index (χ1v) is 7.35. The van der Waals surface area contributed by atoms with Gasteiger partial charge in [0.1, 0.15) is 12.1 Å². The molecule has 2 unspecified atom stereocenters. The molecular weight excluding hydrogens is 254 g/mol. The first-order valence-electron chi connectivity index (χ1n) is 7.35. The summed E-state index contributed by atoms with van der Waals surface area (Å²) in [7, 11) is 0. The summed E-state index contributed by atoms with van der Waals surface area (Å²) in [4.78, 5) is 0. The van der Waals surface area contributed by atoms with Crippen LogP contribution in [0, 0.1) is 5.92 Å². The van der Waals surface area contributed by atoms with Crippen molar-refractivity contribution in [3.8, 4) is 0 Å². The van der Waals surface area contributed by atoms with Crippen molar-refractivity contribution < 1.29 is 4.74 Å². The third-order valence-electron chi connectivity index (χ3n) is 3.93. The fourth-order valence-corrected chi connectivity index (χ4v) is 2.74. The summed E-state index contributed by atoms with van der Waals surface area (Å²) >= 11 is 0. The number of hydrogen-bond acceptors (Lipinski definition) is 5. The summed E-state index contributed by atoms with van der Waals surface area (Å²) in [6, 6.07) is 3.81. The van der Waals surface area contributed by atoms with Gasteiger partial charge in [0.05, 0.1) is 12.7 Å². The van der Waals surface area contributed by atoms with Gasteiger partial charge >= 0.3 is 0 Å². The zero-order valence-corrected chi connectivity index (χ0v) is 11.8. The van der Waals surface area contributed by atoms with E-state index >= 15 is 0 Å². The maximum Gasteiger partial charge on any atom is 0.177 e. The molecule has 20 heavy (non-hydrogen) atoms. The smallest absolute Gasteiger partial charge is 0.177 e. The Bertz CT molecular complexity index is 555. The van der Waals surface area contributed by atoms with Gasteiger partial charge in [-0.15, -0.1) is 15.3 Å².